The van der Waals surface area contributed by atoms with E-state index < -0.39 is 22.1 Å². The van der Waals surface area contributed by atoms with E-state index in [1.807, 2.05) is 0 Å². The Kier molecular flexibility index (Phi) is 6.28. The van der Waals surface area contributed by atoms with Crippen molar-refractivity contribution in [3.63, 3.8) is 0 Å². The SMILES string of the molecule is COc1ccc(C(=O)O[C@H](C)c2ccccc2Cl)cc1S(=O)(=O)N(C)C. The number of benzene rings is 2. The van der Waals surface area contributed by atoms with Crippen LogP contribution >= 0.6 is 11.6 Å². The van der Waals surface area contributed by atoms with Crippen molar-refractivity contribution < 1.29 is 22.7 Å². The first kappa shape index (κ1) is 20.2. The highest BCUT2D eigenvalue weighted by atomic mass is 35.5. The van der Waals surface area contributed by atoms with Gasteiger partial charge < -0.3 is 9.47 Å². The van der Waals surface area contributed by atoms with Crippen molar-refractivity contribution in [2.75, 3.05) is 21.2 Å². The van der Waals surface area contributed by atoms with Gasteiger partial charge in [0.05, 0.1) is 12.7 Å². The Bertz CT molecular complexity index is 912. The minimum atomic E-state index is -3.78. The Labute approximate surface area is 158 Å². The molecule has 140 valence electrons. The molecular weight excluding hydrogens is 378 g/mol. The van der Waals surface area contributed by atoms with Crippen molar-refractivity contribution in [3.05, 3.63) is 58.6 Å². The summed E-state index contributed by atoms with van der Waals surface area (Å²) in [6.45, 7) is 1.69. The van der Waals surface area contributed by atoms with Gasteiger partial charge in [-0.15, -0.1) is 0 Å². The number of hydrogen-bond acceptors (Lipinski definition) is 5. The summed E-state index contributed by atoms with van der Waals surface area (Å²) >= 11 is 6.12. The van der Waals surface area contributed by atoms with Crippen LogP contribution in [0.5, 0.6) is 5.75 Å². The fraction of sp³-hybridized carbons (Fsp3) is 0.278. The van der Waals surface area contributed by atoms with Gasteiger partial charge in [-0.2, -0.15) is 0 Å². The van der Waals surface area contributed by atoms with Gasteiger partial charge in [0.2, 0.25) is 10.0 Å². The first-order valence-electron chi connectivity index (χ1n) is 7.74. The number of carbonyl (C=O) groups is 1. The summed E-state index contributed by atoms with van der Waals surface area (Å²) in [6.07, 6.45) is -0.591. The summed E-state index contributed by atoms with van der Waals surface area (Å²) < 4.78 is 36.5. The Morgan fingerprint density at radius 2 is 1.81 bits per heavy atom. The average Bonchev–Trinajstić information content (AvgIpc) is 2.61. The van der Waals surface area contributed by atoms with Crippen molar-refractivity contribution in [1.82, 2.24) is 4.31 Å². The molecule has 0 aromatic heterocycles. The molecule has 0 radical (unpaired) electrons. The highest BCUT2D eigenvalue weighted by molar-refractivity contribution is 7.89. The van der Waals surface area contributed by atoms with Crippen LogP contribution in [0.1, 0.15) is 28.9 Å². The first-order chi connectivity index (χ1) is 12.2. The van der Waals surface area contributed by atoms with Gasteiger partial charge in [0.25, 0.3) is 0 Å². The number of hydrogen-bond donors (Lipinski definition) is 0. The molecule has 2 aromatic rings. The second kappa shape index (κ2) is 8.07. The third-order valence-electron chi connectivity index (χ3n) is 3.78. The standard InChI is InChI=1S/C18H20ClNO5S/c1-12(14-7-5-6-8-15(14)19)25-18(21)13-9-10-16(24-4)17(11-13)26(22,23)20(2)3/h5-12H,1-4H3/t12-/m1/s1. The van der Waals surface area contributed by atoms with Crippen LogP contribution in [0.2, 0.25) is 5.02 Å². The minimum absolute atomic E-state index is 0.102. The van der Waals surface area contributed by atoms with Gasteiger partial charge in [0.15, 0.2) is 0 Å². The number of carbonyl (C=O) groups excluding carboxylic acids is 1. The third-order valence-corrected chi connectivity index (χ3v) is 5.97. The largest absolute Gasteiger partial charge is 0.495 e. The lowest BCUT2D eigenvalue weighted by molar-refractivity contribution is 0.0338. The molecule has 2 rings (SSSR count). The van der Waals surface area contributed by atoms with Crippen LogP contribution in [0.3, 0.4) is 0 Å². The van der Waals surface area contributed by atoms with Crippen molar-refractivity contribution in [2.24, 2.45) is 0 Å². The molecule has 0 spiro atoms. The average molecular weight is 398 g/mol. The maximum atomic E-state index is 12.5. The van der Waals surface area contributed by atoms with Crippen LogP contribution in [-0.4, -0.2) is 39.9 Å². The molecular formula is C18H20ClNO5S. The number of sulfonamides is 1. The van der Waals surface area contributed by atoms with E-state index in [9.17, 15) is 13.2 Å². The summed E-state index contributed by atoms with van der Waals surface area (Å²) in [5.41, 5.74) is 0.766. The summed E-state index contributed by atoms with van der Waals surface area (Å²) in [4.78, 5) is 12.4. The highest BCUT2D eigenvalue weighted by Crippen LogP contribution is 2.29. The smallest absolute Gasteiger partial charge is 0.338 e. The van der Waals surface area contributed by atoms with Crippen molar-refractivity contribution >= 4 is 27.6 Å². The number of esters is 1. The van der Waals surface area contributed by atoms with Gasteiger partial charge in [-0.05, 0) is 31.2 Å². The van der Waals surface area contributed by atoms with E-state index in [0.29, 0.717) is 10.6 Å². The Balaban J connectivity index is 2.34. The normalized spacial score (nSPS) is 12.7. The van der Waals surface area contributed by atoms with Gasteiger partial charge in [0.1, 0.15) is 16.7 Å². The highest BCUT2D eigenvalue weighted by Gasteiger charge is 2.25. The maximum Gasteiger partial charge on any atom is 0.338 e. The maximum absolute atomic E-state index is 12.5. The molecule has 8 heteroatoms. The second-order valence-electron chi connectivity index (χ2n) is 5.72. The molecule has 0 saturated heterocycles. The molecule has 0 N–H and O–H groups in total. The van der Waals surface area contributed by atoms with Gasteiger partial charge in [0, 0.05) is 24.7 Å². The van der Waals surface area contributed by atoms with Gasteiger partial charge in [-0.25, -0.2) is 17.5 Å². The molecule has 1 atom stereocenters. The number of ether oxygens (including phenoxy) is 2. The zero-order valence-electron chi connectivity index (χ0n) is 14.9. The zero-order chi connectivity index (χ0) is 19.5. The van der Waals surface area contributed by atoms with E-state index in [-0.39, 0.29) is 16.2 Å². The summed E-state index contributed by atoms with van der Waals surface area (Å²) in [6, 6.07) is 11.2. The van der Waals surface area contributed by atoms with E-state index >= 15 is 0 Å². The van der Waals surface area contributed by atoms with Crippen LogP contribution in [0.15, 0.2) is 47.4 Å². The van der Waals surface area contributed by atoms with E-state index in [0.717, 1.165) is 4.31 Å². The monoisotopic (exact) mass is 397 g/mol. The topological polar surface area (TPSA) is 72.9 Å². The molecule has 0 bridgehead atoms. The molecule has 0 unspecified atom stereocenters. The van der Waals surface area contributed by atoms with Crippen LogP contribution in [0.25, 0.3) is 0 Å². The molecule has 0 fully saturated rings. The van der Waals surface area contributed by atoms with Crippen LogP contribution in [-0.2, 0) is 14.8 Å². The van der Waals surface area contributed by atoms with E-state index in [1.54, 1.807) is 31.2 Å². The van der Waals surface area contributed by atoms with E-state index in [1.165, 1.54) is 39.4 Å². The number of methoxy groups -OCH3 is 1. The van der Waals surface area contributed by atoms with Crippen molar-refractivity contribution in [2.45, 2.75) is 17.9 Å². The fourth-order valence-electron chi connectivity index (χ4n) is 2.30. The van der Waals surface area contributed by atoms with Crippen LogP contribution in [0, 0.1) is 0 Å². The Hall–Kier alpha value is -2.09. The van der Waals surface area contributed by atoms with Crippen molar-refractivity contribution in [3.8, 4) is 5.75 Å². The Morgan fingerprint density at radius 1 is 1.15 bits per heavy atom. The lowest BCUT2D eigenvalue weighted by atomic mass is 10.1. The molecule has 0 amide bonds. The predicted molar refractivity (Wildman–Crippen MR) is 99.1 cm³/mol. The molecule has 2 aromatic carbocycles. The fourth-order valence-corrected chi connectivity index (χ4v) is 3.66. The first-order valence-corrected chi connectivity index (χ1v) is 9.56. The van der Waals surface area contributed by atoms with Gasteiger partial charge in [-0.3, -0.25) is 0 Å². The zero-order valence-corrected chi connectivity index (χ0v) is 16.5. The molecule has 0 aliphatic carbocycles. The predicted octanol–water partition coefficient (Wildman–Crippen LogP) is 3.52. The summed E-state index contributed by atoms with van der Waals surface area (Å²) in [5, 5.41) is 0.485. The molecule has 0 saturated carbocycles. The molecule has 0 aliphatic heterocycles. The molecule has 6 nitrogen and oxygen atoms in total. The lowest BCUT2D eigenvalue weighted by Crippen LogP contribution is -2.23. The molecule has 0 aliphatic rings. The van der Waals surface area contributed by atoms with Gasteiger partial charge >= 0.3 is 5.97 Å². The van der Waals surface area contributed by atoms with Gasteiger partial charge in [-0.1, -0.05) is 29.8 Å². The summed E-state index contributed by atoms with van der Waals surface area (Å²) in [7, 11) is 0.383. The number of halogens is 1. The Morgan fingerprint density at radius 3 is 2.38 bits per heavy atom. The number of rotatable bonds is 6. The quantitative estimate of drug-likeness (QED) is 0.697. The number of nitrogens with zero attached hydrogens (tertiary/aromatic N) is 1. The minimum Gasteiger partial charge on any atom is -0.495 e. The molecule has 26 heavy (non-hydrogen) atoms. The van der Waals surface area contributed by atoms with Crippen LogP contribution < -0.4 is 4.74 Å². The third kappa shape index (κ3) is 4.17. The van der Waals surface area contributed by atoms with E-state index in [2.05, 4.69) is 0 Å². The molecule has 0 heterocycles. The second-order valence-corrected chi connectivity index (χ2v) is 8.25. The summed E-state index contributed by atoms with van der Waals surface area (Å²) in [5.74, 6) is -0.510. The van der Waals surface area contributed by atoms with E-state index in [4.69, 9.17) is 21.1 Å². The lowest BCUT2D eigenvalue weighted by Gasteiger charge is -2.17. The van der Waals surface area contributed by atoms with Crippen LogP contribution in [0.4, 0.5) is 0 Å². The van der Waals surface area contributed by atoms with Crippen molar-refractivity contribution in [1.29, 1.82) is 0 Å².